The Hall–Kier alpha value is -0.570. The van der Waals surface area contributed by atoms with Gasteiger partial charge in [-0.3, -0.25) is 0 Å². The number of carbonyl (C=O) groups is 1. The molecule has 3 saturated heterocycles. The number of esters is 1. The Labute approximate surface area is 128 Å². The molecule has 0 unspecified atom stereocenters. The summed E-state index contributed by atoms with van der Waals surface area (Å²) in [5, 5.41) is 0. The van der Waals surface area contributed by atoms with Crippen LogP contribution >= 0.6 is 0 Å². The number of hydrogen-bond donors (Lipinski definition) is 0. The van der Waals surface area contributed by atoms with Crippen LogP contribution in [0.4, 0.5) is 0 Å². The highest BCUT2D eigenvalue weighted by molar-refractivity contribution is 5.83. The molecule has 0 amide bonds. The first-order valence-corrected chi connectivity index (χ1v) is 8.83. The van der Waals surface area contributed by atoms with Crippen LogP contribution < -0.4 is 0 Å². The molecule has 3 heteroatoms. The molecule has 2 bridgehead atoms. The van der Waals surface area contributed by atoms with Gasteiger partial charge >= 0.3 is 5.97 Å². The van der Waals surface area contributed by atoms with Crippen molar-refractivity contribution in [2.75, 3.05) is 6.61 Å². The maximum Gasteiger partial charge on any atom is 0.339 e. The van der Waals surface area contributed by atoms with Gasteiger partial charge in [0.2, 0.25) is 0 Å². The maximum atomic E-state index is 12.9. The highest BCUT2D eigenvalue weighted by Gasteiger charge is 2.69. The van der Waals surface area contributed by atoms with Crippen LogP contribution in [0.25, 0.3) is 0 Å². The first kappa shape index (κ1) is 15.3. The number of ether oxygens (including phenoxy) is 2. The van der Waals surface area contributed by atoms with Crippen molar-refractivity contribution in [1.29, 1.82) is 0 Å². The molecule has 0 N–H and O–H groups in total. The molecule has 0 aromatic rings. The summed E-state index contributed by atoms with van der Waals surface area (Å²) >= 11 is 0. The third-order valence-electron chi connectivity index (χ3n) is 6.34. The quantitative estimate of drug-likeness (QED) is 0.683. The second-order valence-electron chi connectivity index (χ2n) is 8.01. The van der Waals surface area contributed by atoms with E-state index in [0.717, 1.165) is 25.7 Å². The van der Waals surface area contributed by atoms with Crippen LogP contribution in [0.5, 0.6) is 0 Å². The third kappa shape index (κ3) is 2.32. The molecule has 0 radical (unpaired) electrons. The van der Waals surface area contributed by atoms with Gasteiger partial charge in [-0.2, -0.15) is 0 Å². The lowest BCUT2D eigenvalue weighted by Crippen LogP contribution is -2.74. The van der Waals surface area contributed by atoms with Gasteiger partial charge in [-0.1, -0.05) is 40.0 Å². The average molecular weight is 294 g/mol. The predicted molar refractivity (Wildman–Crippen MR) is 81.9 cm³/mol. The van der Waals surface area contributed by atoms with Crippen molar-refractivity contribution in [2.45, 2.75) is 83.8 Å². The summed E-state index contributed by atoms with van der Waals surface area (Å²) in [6.45, 7) is 7.25. The van der Waals surface area contributed by atoms with E-state index in [1.165, 1.54) is 25.7 Å². The Kier molecular flexibility index (Phi) is 4.06. The number of hydrogen-bond acceptors (Lipinski definition) is 3. The van der Waals surface area contributed by atoms with Gasteiger partial charge in [-0.25, -0.2) is 4.79 Å². The zero-order chi connectivity index (χ0) is 15.1. The van der Waals surface area contributed by atoms with Gasteiger partial charge in [-0.05, 0) is 43.9 Å². The first-order valence-electron chi connectivity index (χ1n) is 8.83. The molecule has 3 nitrogen and oxygen atoms in total. The smallest absolute Gasteiger partial charge is 0.339 e. The lowest BCUT2D eigenvalue weighted by Gasteiger charge is -2.63. The van der Waals surface area contributed by atoms with Crippen molar-refractivity contribution in [3.05, 3.63) is 0 Å². The van der Waals surface area contributed by atoms with Crippen molar-refractivity contribution in [3.63, 3.8) is 0 Å². The zero-order valence-corrected chi connectivity index (χ0v) is 13.8. The van der Waals surface area contributed by atoms with Gasteiger partial charge in [0.05, 0.1) is 12.7 Å². The summed E-state index contributed by atoms with van der Waals surface area (Å²) < 4.78 is 12.0. The minimum Gasteiger partial charge on any atom is -0.464 e. The van der Waals surface area contributed by atoms with Gasteiger partial charge in [0.1, 0.15) is 0 Å². The molecule has 3 heterocycles. The van der Waals surface area contributed by atoms with Crippen molar-refractivity contribution in [2.24, 2.45) is 17.3 Å². The van der Waals surface area contributed by atoms with E-state index < -0.39 is 5.60 Å². The van der Waals surface area contributed by atoms with Crippen LogP contribution in [0.3, 0.4) is 0 Å². The molecule has 21 heavy (non-hydrogen) atoms. The Morgan fingerprint density at radius 2 is 1.71 bits per heavy atom. The lowest BCUT2D eigenvalue weighted by atomic mass is 9.56. The number of rotatable bonds is 1. The monoisotopic (exact) mass is 294 g/mol. The molecule has 3 aliphatic heterocycles. The van der Waals surface area contributed by atoms with E-state index >= 15 is 0 Å². The number of fused-ring (bicyclic) bond motifs is 6. The molecule has 4 rings (SSSR count). The minimum absolute atomic E-state index is 0.0789. The second-order valence-corrected chi connectivity index (χ2v) is 8.01. The molecular formula is C18H30O3. The van der Waals surface area contributed by atoms with E-state index in [-0.39, 0.29) is 17.5 Å². The van der Waals surface area contributed by atoms with E-state index in [4.69, 9.17) is 9.47 Å². The Morgan fingerprint density at radius 3 is 2.38 bits per heavy atom. The summed E-state index contributed by atoms with van der Waals surface area (Å²) in [4.78, 5) is 12.9. The summed E-state index contributed by atoms with van der Waals surface area (Å²) in [7, 11) is 0. The molecule has 0 aromatic carbocycles. The molecule has 1 aliphatic carbocycles. The first-order chi connectivity index (χ1) is 9.98. The normalized spacial score (nSPS) is 41.0. The highest BCUT2D eigenvalue weighted by atomic mass is 16.6. The summed E-state index contributed by atoms with van der Waals surface area (Å²) in [6.07, 6.45) is 9.42. The summed E-state index contributed by atoms with van der Waals surface area (Å²) in [5.41, 5.74) is -0.762. The standard InChI is InChI=1S/C18H30O3/c1-13-9-10-15-17(2,3)18(21-15,16(19)20-12-11-13)14-7-5-4-6-8-14/h13-15H,4-12H2,1-3H3/t13-,15-,18-/m0/s1. The zero-order valence-electron chi connectivity index (χ0n) is 13.8. The van der Waals surface area contributed by atoms with Crippen LogP contribution in [-0.2, 0) is 14.3 Å². The van der Waals surface area contributed by atoms with Crippen LogP contribution in [0.15, 0.2) is 0 Å². The van der Waals surface area contributed by atoms with Gasteiger partial charge in [0.25, 0.3) is 0 Å². The highest BCUT2D eigenvalue weighted by Crippen LogP contribution is 2.59. The van der Waals surface area contributed by atoms with Crippen LogP contribution in [-0.4, -0.2) is 24.3 Å². The van der Waals surface area contributed by atoms with Crippen molar-refractivity contribution >= 4 is 5.97 Å². The van der Waals surface area contributed by atoms with Crippen LogP contribution in [0.2, 0.25) is 0 Å². The summed E-state index contributed by atoms with van der Waals surface area (Å²) in [5.74, 6) is 0.881. The lowest BCUT2D eigenvalue weighted by molar-refractivity contribution is -0.327. The Balaban J connectivity index is 1.87. The molecule has 1 saturated carbocycles. The molecule has 4 fully saturated rings. The molecular weight excluding hydrogens is 264 g/mol. The van der Waals surface area contributed by atoms with Gasteiger partial charge < -0.3 is 9.47 Å². The molecule has 3 atom stereocenters. The number of carbonyl (C=O) groups excluding carboxylic acids is 1. The Bertz CT molecular complexity index is 397. The van der Waals surface area contributed by atoms with Gasteiger partial charge in [0, 0.05) is 5.41 Å². The fraction of sp³-hybridized carbons (Fsp3) is 0.944. The minimum atomic E-state index is -0.668. The van der Waals surface area contributed by atoms with Crippen LogP contribution in [0, 0.1) is 17.3 Å². The topological polar surface area (TPSA) is 35.5 Å². The average Bonchev–Trinajstić information content (AvgIpc) is 2.47. The van der Waals surface area contributed by atoms with Crippen molar-refractivity contribution in [3.8, 4) is 0 Å². The third-order valence-corrected chi connectivity index (χ3v) is 6.34. The summed E-state index contributed by atoms with van der Waals surface area (Å²) in [6, 6.07) is 0. The molecule has 0 spiro atoms. The largest absolute Gasteiger partial charge is 0.464 e. The van der Waals surface area contributed by atoms with E-state index in [2.05, 4.69) is 20.8 Å². The fourth-order valence-corrected chi connectivity index (χ4v) is 4.77. The van der Waals surface area contributed by atoms with Crippen LogP contribution in [0.1, 0.15) is 72.1 Å². The van der Waals surface area contributed by atoms with Crippen molar-refractivity contribution < 1.29 is 14.3 Å². The SMILES string of the molecule is C[C@@H]1CCOC(=O)[C@]2(C3CCCCC3)O[C@@H](CC1)C2(C)C. The van der Waals surface area contributed by atoms with E-state index in [1.54, 1.807) is 0 Å². The van der Waals surface area contributed by atoms with E-state index in [9.17, 15) is 4.79 Å². The van der Waals surface area contributed by atoms with Gasteiger partial charge in [-0.15, -0.1) is 0 Å². The van der Waals surface area contributed by atoms with Gasteiger partial charge in [0.15, 0.2) is 5.60 Å². The van der Waals surface area contributed by atoms with E-state index in [0.29, 0.717) is 18.4 Å². The molecule has 120 valence electrons. The molecule has 4 aliphatic rings. The van der Waals surface area contributed by atoms with E-state index in [1.807, 2.05) is 0 Å². The van der Waals surface area contributed by atoms with Crippen molar-refractivity contribution in [1.82, 2.24) is 0 Å². The second kappa shape index (κ2) is 5.57. The fourth-order valence-electron chi connectivity index (χ4n) is 4.77. The Morgan fingerprint density at radius 1 is 1.00 bits per heavy atom. The predicted octanol–water partition coefficient (Wildman–Crippen LogP) is 4.09. The molecule has 0 aromatic heterocycles. The maximum absolute atomic E-state index is 12.9.